The van der Waals surface area contributed by atoms with Crippen LogP contribution in [0, 0.1) is 6.92 Å². The lowest BCUT2D eigenvalue weighted by Gasteiger charge is -2.25. The molecule has 1 atom stereocenters. The molecule has 4 rings (SSSR count). The maximum atomic E-state index is 13.5. The molecule has 4 aromatic rings. The molecule has 9 heteroatoms. The van der Waals surface area contributed by atoms with E-state index in [2.05, 4.69) is 15.6 Å². The van der Waals surface area contributed by atoms with Gasteiger partial charge in [0.2, 0.25) is 5.91 Å². The summed E-state index contributed by atoms with van der Waals surface area (Å²) in [5.74, 6) is -0.163. The van der Waals surface area contributed by atoms with E-state index in [1.807, 2.05) is 60.7 Å². The molecule has 0 aliphatic heterocycles. The predicted molar refractivity (Wildman–Crippen MR) is 149 cm³/mol. The number of ether oxygens (including phenoxy) is 1. The normalized spacial score (nSPS) is 11.6. The molecule has 1 heterocycles. The SMILES string of the molecule is CCOC(=O)NCc1ccc2nc(NC(Cc3ccccc3)C(=O)N(C)Cc3ccccc3)oc(=O)c2c1C. The number of nitrogens with one attached hydrogen (secondary N) is 2. The Morgan fingerprint density at radius 3 is 2.33 bits per heavy atom. The minimum absolute atomic E-state index is 0.0355. The molecule has 1 unspecified atom stereocenters. The van der Waals surface area contributed by atoms with Crippen LogP contribution in [0.3, 0.4) is 0 Å². The summed E-state index contributed by atoms with van der Waals surface area (Å²) in [4.78, 5) is 44.4. The molecule has 39 heavy (non-hydrogen) atoms. The van der Waals surface area contributed by atoms with Crippen LogP contribution in [0.5, 0.6) is 0 Å². The topological polar surface area (TPSA) is 114 Å². The molecule has 0 spiro atoms. The number of fused-ring (bicyclic) bond motifs is 1. The van der Waals surface area contributed by atoms with E-state index in [4.69, 9.17) is 9.15 Å². The van der Waals surface area contributed by atoms with Crippen LogP contribution in [-0.4, -0.2) is 41.6 Å². The third-order valence-corrected chi connectivity index (χ3v) is 6.39. The second-order valence-electron chi connectivity index (χ2n) is 9.19. The standard InChI is InChI=1S/C30H32N4O5/c1-4-38-30(37)31-18-23-15-16-24-26(20(23)2)28(36)39-29(32-24)33-25(17-21-11-7-5-8-12-21)27(35)34(3)19-22-13-9-6-10-14-22/h5-16,25H,4,17-19H2,1-3H3,(H,31,37)(H,32,33). The highest BCUT2D eigenvalue weighted by Gasteiger charge is 2.25. The highest BCUT2D eigenvalue weighted by Crippen LogP contribution is 2.20. The van der Waals surface area contributed by atoms with Crippen LogP contribution in [0.1, 0.15) is 29.2 Å². The first-order chi connectivity index (χ1) is 18.9. The minimum Gasteiger partial charge on any atom is -0.450 e. The van der Waals surface area contributed by atoms with Crippen molar-refractivity contribution in [3.63, 3.8) is 0 Å². The Bertz CT molecular complexity index is 1490. The molecule has 202 valence electrons. The fourth-order valence-corrected chi connectivity index (χ4v) is 4.37. The molecule has 0 saturated carbocycles. The van der Waals surface area contributed by atoms with Crippen molar-refractivity contribution in [1.29, 1.82) is 0 Å². The molecular formula is C30H32N4O5. The lowest BCUT2D eigenvalue weighted by Crippen LogP contribution is -2.42. The van der Waals surface area contributed by atoms with E-state index in [0.717, 1.165) is 16.7 Å². The van der Waals surface area contributed by atoms with Crippen LogP contribution in [0.2, 0.25) is 0 Å². The van der Waals surface area contributed by atoms with Gasteiger partial charge in [-0.3, -0.25) is 4.79 Å². The second-order valence-corrected chi connectivity index (χ2v) is 9.19. The van der Waals surface area contributed by atoms with Crippen molar-refractivity contribution < 1.29 is 18.7 Å². The number of likely N-dealkylation sites (N-methyl/N-ethyl adjacent to an activating group) is 1. The lowest BCUT2D eigenvalue weighted by atomic mass is 10.0. The van der Waals surface area contributed by atoms with Crippen LogP contribution in [-0.2, 0) is 29.0 Å². The van der Waals surface area contributed by atoms with Crippen LogP contribution >= 0.6 is 0 Å². The Kier molecular flexibility index (Phi) is 8.94. The van der Waals surface area contributed by atoms with Crippen LogP contribution in [0.25, 0.3) is 10.9 Å². The number of anilines is 1. The maximum Gasteiger partial charge on any atom is 0.407 e. The first kappa shape index (κ1) is 27.4. The van der Waals surface area contributed by atoms with Gasteiger partial charge < -0.3 is 24.7 Å². The number of alkyl carbamates (subject to hydrolysis) is 1. The predicted octanol–water partition coefficient (Wildman–Crippen LogP) is 4.42. The van der Waals surface area contributed by atoms with Gasteiger partial charge in [-0.1, -0.05) is 66.7 Å². The average molecular weight is 529 g/mol. The van der Waals surface area contributed by atoms with E-state index in [1.165, 1.54) is 0 Å². The number of nitrogens with zero attached hydrogens (tertiary/aromatic N) is 2. The molecule has 0 saturated heterocycles. The smallest absolute Gasteiger partial charge is 0.407 e. The van der Waals surface area contributed by atoms with Gasteiger partial charge in [0.05, 0.1) is 17.5 Å². The Labute approximate surface area is 226 Å². The quantitative estimate of drug-likeness (QED) is 0.313. The zero-order valence-electron chi connectivity index (χ0n) is 22.3. The number of aryl methyl sites for hydroxylation is 1. The van der Waals surface area contributed by atoms with Gasteiger partial charge in [0, 0.05) is 26.6 Å². The lowest BCUT2D eigenvalue weighted by molar-refractivity contribution is -0.131. The van der Waals surface area contributed by atoms with Crippen molar-refractivity contribution in [2.45, 2.75) is 39.4 Å². The van der Waals surface area contributed by atoms with Gasteiger partial charge in [-0.05, 0) is 42.2 Å². The molecule has 3 aromatic carbocycles. The summed E-state index contributed by atoms with van der Waals surface area (Å²) in [6, 6.07) is 22.1. The highest BCUT2D eigenvalue weighted by molar-refractivity contribution is 5.85. The second kappa shape index (κ2) is 12.7. The van der Waals surface area contributed by atoms with Gasteiger partial charge in [-0.25, -0.2) is 9.59 Å². The summed E-state index contributed by atoms with van der Waals surface area (Å²) >= 11 is 0. The van der Waals surface area contributed by atoms with E-state index in [-0.39, 0.29) is 25.1 Å². The number of benzene rings is 3. The van der Waals surface area contributed by atoms with Crippen molar-refractivity contribution in [2.24, 2.45) is 0 Å². The molecule has 0 aliphatic carbocycles. The number of aromatic nitrogens is 1. The number of amides is 2. The van der Waals surface area contributed by atoms with Gasteiger partial charge >= 0.3 is 11.7 Å². The van der Waals surface area contributed by atoms with Crippen LogP contribution in [0.4, 0.5) is 10.8 Å². The molecule has 1 aromatic heterocycles. The van der Waals surface area contributed by atoms with Gasteiger partial charge in [-0.2, -0.15) is 4.98 Å². The largest absolute Gasteiger partial charge is 0.450 e. The van der Waals surface area contributed by atoms with Crippen molar-refractivity contribution >= 4 is 28.9 Å². The number of carbonyl (C=O) groups excluding carboxylic acids is 2. The average Bonchev–Trinajstić information content (AvgIpc) is 2.93. The van der Waals surface area contributed by atoms with E-state index >= 15 is 0 Å². The molecule has 9 nitrogen and oxygen atoms in total. The molecule has 2 amide bonds. The molecule has 0 aliphatic rings. The molecule has 0 radical (unpaired) electrons. The van der Waals surface area contributed by atoms with Gasteiger partial charge in [0.1, 0.15) is 6.04 Å². The maximum absolute atomic E-state index is 13.5. The van der Waals surface area contributed by atoms with Crippen LogP contribution < -0.4 is 16.3 Å². The summed E-state index contributed by atoms with van der Waals surface area (Å²) in [6.07, 6.45) is -0.159. The molecule has 2 N–H and O–H groups in total. The molecular weight excluding hydrogens is 496 g/mol. The monoisotopic (exact) mass is 528 g/mol. The van der Waals surface area contributed by atoms with Gasteiger partial charge in [0.15, 0.2) is 0 Å². The van der Waals surface area contributed by atoms with E-state index < -0.39 is 17.8 Å². The molecule has 0 fully saturated rings. The van der Waals surface area contributed by atoms with Crippen molar-refractivity contribution in [1.82, 2.24) is 15.2 Å². The van der Waals surface area contributed by atoms with Crippen molar-refractivity contribution in [3.8, 4) is 0 Å². The Morgan fingerprint density at radius 1 is 1.00 bits per heavy atom. The van der Waals surface area contributed by atoms with E-state index in [0.29, 0.717) is 29.4 Å². The summed E-state index contributed by atoms with van der Waals surface area (Å²) in [5, 5.41) is 6.05. The first-order valence-electron chi connectivity index (χ1n) is 12.8. The van der Waals surface area contributed by atoms with E-state index in [1.54, 1.807) is 37.9 Å². The summed E-state index contributed by atoms with van der Waals surface area (Å²) in [6.45, 7) is 4.39. The number of hydrogen-bond acceptors (Lipinski definition) is 7. The number of hydrogen-bond donors (Lipinski definition) is 2. The fourth-order valence-electron chi connectivity index (χ4n) is 4.37. The van der Waals surface area contributed by atoms with E-state index in [9.17, 15) is 14.4 Å². The van der Waals surface area contributed by atoms with Crippen molar-refractivity contribution in [3.05, 3.63) is 105 Å². The zero-order valence-corrected chi connectivity index (χ0v) is 22.3. The number of rotatable bonds is 10. The van der Waals surface area contributed by atoms with Gasteiger partial charge in [-0.15, -0.1) is 0 Å². The van der Waals surface area contributed by atoms with Gasteiger partial charge in [0.25, 0.3) is 6.01 Å². The zero-order chi connectivity index (χ0) is 27.8. The first-order valence-corrected chi connectivity index (χ1v) is 12.8. The summed E-state index contributed by atoms with van der Waals surface area (Å²) in [5.41, 5.74) is 3.19. The Morgan fingerprint density at radius 2 is 1.67 bits per heavy atom. The summed E-state index contributed by atoms with van der Waals surface area (Å²) < 4.78 is 10.4. The Balaban J connectivity index is 1.59. The highest BCUT2D eigenvalue weighted by atomic mass is 16.5. The Hall–Kier alpha value is -4.66. The third-order valence-electron chi connectivity index (χ3n) is 6.39. The number of carbonyl (C=O) groups is 2. The van der Waals surface area contributed by atoms with Crippen LogP contribution in [0.15, 0.2) is 82.0 Å². The van der Waals surface area contributed by atoms with Crippen molar-refractivity contribution in [2.75, 3.05) is 19.0 Å². The minimum atomic E-state index is -0.719. The third kappa shape index (κ3) is 7.01. The molecule has 0 bridgehead atoms. The fraction of sp³-hybridized carbons (Fsp3) is 0.267. The summed E-state index contributed by atoms with van der Waals surface area (Å²) in [7, 11) is 1.74.